The number of hydrogen-bond donors (Lipinski definition) is 2. The molecule has 3 heterocycles. The minimum absolute atomic E-state index is 0.108. The zero-order valence-corrected chi connectivity index (χ0v) is 16.1. The molecule has 28 heavy (non-hydrogen) atoms. The number of carbonyl (C=O) groups excluding carboxylic acids is 1. The van der Waals surface area contributed by atoms with Crippen LogP contribution in [-0.4, -0.2) is 52.6 Å². The summed E-state index contributed by atoms with van der Waals surface area (Å²) in [6.07, 6.45) is 4.49. The van der Waals surface area contributed by atoms with Gasteiger partial charge in [0, 0.05) is 36.0 Å². The second-order valence-electron chi connectivity index (χ2n) is 7.03. The maximum Gasteiger partial charge on any atom is 0.409 e. The van der Waals surface area contributed by atoms with Crippen LogP contribution in [0.25, 0.3) is 17.1 Å². The number of hydrogen-bond acceptors (Lipinski definition) is 6. The van der Waals surface area contributed by atoms with Crippen molar-refractivity contribution in [2.75, 3.05) is 14.2 Å². The largest absolute Gasteiger partial charge is 0.453 e. The van der Waals surface area contributed by atoms with Gasteiger partial charge in [-0.05, 0) is 31.1 Å². The number of hydrazone groups is 1. The summed E-state index contributed by atoms with van der Waals surface area (Å²) in [6, 6.07) is -0.235. The van der Waals surface area contributed by atoms with E-state index in [1.807, 2.05) is 13.8 Å². The van der Waals surface area contributed by atoms with Gasteiger partial charge in [0.05, 0.1) is 31.6 Å². The Hall–Kier alpha value is -3.23. The SMILES string of the molecule is COC(=O)N(C)Cc1c(-c2cn[nH]c2C)nc2c(c1C)C1C=NNC1C=C2F. The standard InChI is InChI=1S/C19H21FN6O2/c1-9-13(8-26(3)19(27)28-4)17(11-6-21-24-10(11)2)23-18-14(20)5-15-12(16(9)18)7-22-25-15/h5-7,12,15,25H,8H2,1-4H3,(H,21,24). The first-order valence-electron chi connectivity index (χ1n) is 8.91. The minimum atomic E-state index is -0.458. The van der Waals surface area contributed by atoms with E-state index in [1.54, 1.807) is 19.5 Å². The molecule has 0 saturated heterocycles. The summed E-state index contributed by atoms with van der Waals surface area (Å²) in [4.78, 5) is 18.1. The molecule has 2 unspecified atom stereocenters. The van der Waals surface area contributed by atoms with Crippen LogP contribution in [0.15, 0.2) is 17.4 Å². The van der Waals surface area contributed by atoms with Crippen molar-refractivity contribution in [2.45, 2.75) is 32.4 Å². The Balaban J connectivity index is 1.94. The molecule has 2 aliphatic rings. The molecule has 0 spiro atoms. The summed E-state index contributed by atoms with van der Waals surface area (Å²) < 4.78 is 19.7. The molecule has 0 bridgehead atoms. The second-order valence-corrected chi connectivity index (χ2v) is 7.03. The number of amides is 1. The zero-order chi connectivity index (χ0) is 20.0. The van der Waals surface area contributed by atoms with E-state index in [9.17, 15) is 9.18 Å². The maximum absolute atomic E-state index is 14.9. The lowest BCUT2D eigenvalue weighted by molar-refractivity contribution is 0.131. The number of H-pyrrole nitrogens is 1. The van der Waals surface area contributed by atoms with E-state index in [1.165, 1.54) is 18.1 Å². The predicted molar refractivity (Wildman–Crippen MR) is 102 cm³/mol. The molecule has 1 amide bonds. The van der Waals surface area contributed by atoms with Gasteiger partial charge in [-0.15, -0.1) is 0 Å². The highest BCUT2D eigenvalue weighted by molar-refractivity contribution is 5.82. The van der Waals surface area contributed by atoms with E-state index in [2.05, 4.69) is 25.7 Å². The summed E-state index contributed by atoms with van der Waals surface area (Å²) >= 11 is 0. The number of rotatable bonds is 3. The van der Waals surface area contributed by atoms with Crippen LogP contribution in [0, 0.1) is 13.8 Å². The van der Waals surface area contributed by atoms with Crippen LogP contribution < -0.4 is 5.43 Å². The molecule has 2 aromatic heterocycles. The first-order chi connectivity index (χ1) is 13.4. The van der Waals surface area contributed by atoms with Gasteiger partial charge in [-0.3, -0.25) is 5.10 Å². The predicted octanol–water partition coefficient (Wildman–Crippen LogP) is 2.65. The summed E-state index contributed by atoms with van der Waals surface area (Å²) in [5.74, 6) is -0.490. The van der Waals surface area contributed by atoms with Gasteiger partial charge >= 0.3 is 6.09 Å². The van der Waals surface area contributed by atoms with Crippen molar-refractivity contribution < 1.29 is 13.9 Å². The molecular weight excluding hydrogens is 363 g/mol. The van der Waals surface area contributed by atoms with Crippen molar-refractivity contribution in [3.05, 3.63) is 40.4 Å². The number of aryl methyl sites for hydroxylation is 1. The first-order valence-corrected chi connectivity index (χ1v) is 8.91. The summed E-state index contributed by atoms with van der Waals surface area (Å²) in [6.45, 7) is 4.08. The zero-order valence-electron chi connectivity index (χ0n) is 16.1. The lowest BCUT2D eigenvalue weighted by Gasteiger charge is -2.28. The quantitative estimate of drug-likeness (QED) is 0.848. The Morgan fingerprint density at radius 2 is 2.14 bits per heavy atom. The number of methoxy groups -OCH3 is 1. The normalized spacial score (nSPS) is 19.5. The smallest absolute Gasteiger partial charge is 0.409 e. The first kappa shape index (κ1) is 18.1. The fourth-order valence-electron chi connectivity index (χ4n) is 3.82. The molecule has 2 N–H and O–H groups in total. The van der Waals surface area contributed by atoms with Crippen LogP contribution in [0.2, 0.25) is 0 Å². The molecule has 4 rings (SSSR count). The highest BCUT2D eigenvalue weighted by Crippen LogP contribution is 2.41. The van der Waals surface area contributed by atoms with Gasteiger partial charge in [-0.2, -0.15) is 10.2 Å². The Labute approximate surface area is 161 Å². The van der Waals surface area contributed by atoms with E-state index in [0.29, 0.717) is 11.4 Å². The number of aromatic amines is 1. The Kier molecular flexibility index (Phi) is 4.37. The van der Waals surface area contributed by atoms with Crippen molar-refractivity contribution in [2.24, 2.45) is 5.10 Å². The topological polar surface area (TPSA) is 95.5 Å². The number of nitrogens with one attached hydrogen (secondary N) is 2. The molecule has 0 radical (unpaired) electrons. The van der Waals surface area contributed by atoms with Gasteiger partial charge in [0.25, 0.3) is 0 Å². The van der Waals surface area contributed by atoms with Gasteiger partial charge in [0.1, 0.15) is 11.5 Å². The van der Waals surface area contributed by atoms with Gasteiger partial charge in [-0.25, -0.2) is 14.2 Å². The average molecular weight is 384 g/mol. The van der Waals surface area contributed by atoms with Gasteiger partial charge in [0.2, 0.25) is 0 Å². The molecule has 0 saturated carbocycles. The lowest BCUT2D eigenvalue weighted by atomic mass is 9.82. The molecule has 0 fully saturated rings. The van der Waals surface area contributed by atoms with Gasteiger partial charge < -0.3 is 15.1 Å². The van der Waals surface area contributed by atoms with E-state index < -0.39 is 6.09 Å². The average Bonchev–Trinajstić information content (AvgIpc) is 3.31. The number of pyridine rings is 1. The van der Waals surface area contributed by atoms with Crippen molar-refractivity contribution in [3.63, 3.8) is 0 Å². The monoisotopic (exact) mass is 384 g/mol. The molecule has 1 aliphatic heterocycles. The third-order valence-corrected chi connectivity index (χ3v) is 5.32. The van der Waals surface area contributed by atoms with Crippen molar-refractivity contribution in [3.8, 4) is 11.3 Å². The van der Waals surface area contributed by atoms with Crippen LogP contribution in [0.4, 0.5) is 9.18 Å². The number of halogens is 1. The van der Waals surface area contributed by atoms with Gasteiger partial charge in [-0.1, -0.05) is 0 Å². The van der Waals surface area contributed by atoms with Crippen molar-refractivity contribution in [1.29, 1.82) is 0 Å². The van der Waals surface area contributed by atoms with E-state index in [4.69, 9.17) is 4.74 Å². The van der Waals surface area contributed by atoms with Crippen LogP contribution in [-0.2, 0) is 11.3 Å². The molecular formula is C19H21FN6O2. The lowest BCUT2D eigenvalue weighted by Crippen LogP contribution is -2.30. The third kappa shape index (κ3) is 2.74. The fraction of sp³-hybridized carbons (Fsp3) is 0.368. The number of ether oxygens (including phenoxy) is 1. The highest BCUT2D eigenvalue weighted by Gasteiger charge is 2.36. The van der Waals surface area contributed by atoms with E-state index >= 15 is 0 Å². The van der Waals surface area contributed by atoms with Crippen LogP contribution >= 0.6 is 0 Å². The summed E-state index contributed by atoms with van der Waals surface area (Å²) in [5.41, 5.74) is 7.91. The van der Waals surface area contributed by atoms with E-state index in [-0.39, 0.29) is 24.3 Å². The molecule has 2 atom stereocenters. The summed E-state index contributed by atoms with van der Waals surface area (Å²) in [5, 5.41) is 11.1. The minimum Gasteiger partial charge on any atom is -0.453 e. The van der Waals surface area contributed by atoms with Crippen LogP contribution in [0.1, 0.15) is 34.0 Å². The Morgan fingerprint density at radius 3 is 2.82 bits per heavy atom. The molecule has 9 heteroatoms. The molecule has 8 nitrogen and oxygen atoms in total. The number of fused-ring (bicyclic) bond motifs is 3. The summed E-state index contributed by atoms with van der Waals surface area (Å²) in [7, 11) is 2.99. The Bertz CT molecular complexity index is 1010. The molecule has 146 valence electrons. The van der Waals surface area contributed by atoms with E-state index in [0.717, 1.165) is 27.9 Å². The second kappa shape index (κ2) is 6.74. The maximum atomic E-state index is 14.9. The third-order valence-electron chi connectivity index (χ3n) is 5.32. The van der Waals surface area contributed by atoms with Crippen LogP contribution in [0.5, 0.6) is 0 Å². The van der Waals surface area contributed by atoms with Crippen molar-refractivity contribution >= 4 is 18.1 Å². The number of nitrogens with zero attached hydrogens (tertiary/aromatic N) is 4. The highest BCUT2D eigenvalue weighted by atomic mass is 19.1. The fourth-order valence-corrected chi connectivity index (χ4v) is 3.82. The van der Waals surface area contributed by atoms with Crippen LogP contribution in [0.3, 0.4) is 0 Å². The number of carbonyl (C=O) groups is 1. The van der Waals surface area contributed by atoms with Gasteiger partial charge in [0.15, 0.2) is 0 Å². The molecule has 0 aromatic carbocycles. The molecule has 2 aromatic rings. The van der Waals surface area contributed by atoms with Crippen molar-refractivity contribution in [1.82, 2.24) is 25.5 Å². The molecule has 1 aliphatic carbocycles. The Morgan fingerprint density at radius 1 is 1.36 bits per heavy atom. The number of aromatic nitrogens is 3.